The van der Waals surface area contributed by atoms with E-state index in [1.54, 1.807) is 18.5 Å². The Hall–Kier alpha value is -2.51. The van der Waals surface area contributed by atoms with Gasteiger partial charge in [-0.05, 0) is 16.8 Å². The van der Waals surface area contributed by atoms with Gasteiger partial charge in [-0.3, -0.25) is 9.78 Å². The van der Waals surface area contributed by atoms with Gasteiger partial charge in [-0.15, -0.1) is 5.10 Å². The molecule has 1 aliphatic carbocycles. The monoisotopic (exact) mass is 246 g/mol. The van der Waals surface area contributed by atoms with Crippen molar-refractivity contribution in [1.29, 1.82) is 0 Å². The van der Waals surface area contributed by atoms with Gasteiger partial charge in [0, 0.05) is 6.04 Å². The number of tetrazole rings is 1. The van der Waals surface area contributed by atoms with Crippen molar-refractivity contribution in [3.05, 3.63) is 24.5 Å². The Morgan fingerprint density at radius 2 is 2.33 bits per heavy atom. The maximum absolute atomic E-state index is 10.8. The van der Waals surface area contributed by atoms with Crippen molar-refractivity contribution >= 4 is 17.4 Å². The predicted octanol–water partition coefficient (Wildman–Crippen LogP) is -0.0395. The van der Waals surface area contributed by atoms with Crippen LogP contribution in [-0.4, -0.2) is 42.1 Å². The van der Waals surface area contributed by atoms with E-state index < -0.39 is 11.9 Å². The van der Waals surface area contributed by atoms with E-state index in [4.69, 9.17) is 5.11 Å². The van der Waals surface area contributed by atoms with Gasteiger partial charge in [0.05, 0.1) is 18.3 Å². The van der Waals surface area contributed by atoms with Gasteiger partial charge in [0.15, 0.2) is 11.5 Å². The summed E-state index contributed by atoms with van der Waals surface area (Å²) < 4.78 is 1.52. The molecule has 1 aliphatic rings. The van der Waals surface area contributed by atoms with Gasteiger partial charge in [0.25, 0.3) is 0 Å². The average molecular weight is 246 g/mol. The minimum atomic E-state index is -0.811. The molecule has 0 amide bonds. The molecule has 0 saturated heterocycles. The third-order valence-corrected chi connectivity index (χ3v) is 2.84. The highest BCUT2D eigenvalue weighted by atomic mass is 16.4. The number of hydrogen-bond acceptors (Lipinski definition) is 6. The van der Waals surface area contributed by atoms with Gasteiger partial charge in [-0.1, -0.05) is 12.2 Å². The Bertz CT molecular complexity index is 622. The van der Waals surface area contributed by atoms with Crippen molar-refractivity contribution in [2.24, 2.45) is 5.92 Å². The fourth-order valence-electron chi connectivity index (χ4n) is 1.95. The number of rotatable bonds is 3. The minimum Gasteiger partial charge on any atom is -0.481 e. The molecule has 0 radical (unpaired) electrons. The first-order chi connectivity index (χ1) is 8.74. The molecule has 0 spiro atoms. The molecule has 3 rings (SSSR count). The number of hydrogen-bond donors (Lipinski definition) is 2. The summed E-state index contributed by atoms with van der Waals surface area (Å²) in [5, 5.41) is 23.2. The highest BCUT2D eigenvalue weighted by molar-refractivity contribution is 5.73. The number of aromatic nitrogens is 5. The molecular weight excluding hydrogens is 236 g/mol. The standard InChI is InChI=1S/C10H10N6O2/c17-10(18)6-1-2-7(3-6)12-8-4-11-5-9-13-14-15-16(8)9/h1-2,4-7,12H,3H2,(H,17,18). The zero-order valence-corrected chi connectivity index (χ0v) is 9.26. The lowest BCUT2D eigenvalue weighted by Gasteiger charge is -2.13. The molecule has 2 aromatic rings. The first kappa shape index (κ1) is 10.6. The normalized spacial score (nSPS) is 22.4. The van der Waals surface area contributed by atoms with Crippen LogP contribution in [0.25, 0.3) is 5.65 Å². The van der Waals surface area contributed by atoms with Gasteiger partial charge < -0.3 is 10.4 Å². The van der Waals surface area contributed by atoms with Crippen molar-refractivity contribution in [2.75, 3.05) is 5.32 Å². The molecule has 0 saturated carbocycles. The van der Waals surface area contributed by atoms with Crippen LogP contribution in [-0.2, 0) is 4.79 Å². The number of aliphatic carboxylic acids is 1. The van der Waals surface area contributed by atoms with Crippen molar-refractivity contribution in [1.82, 2.24) is 25.0 Å². The fourth-order valence-corrected chi connectivity index (χ4v) is 1.95. The Kier molecular flexibility index (Phi) is 2.40. The first-order valence-corrected chi connectivity index (χ1v) is 5.44. The summed E-state index contributed by atoms with van der Waals surface area (Å²) in [6.45, 7) is 0. The SMILES string of the molecule is O=C(O)C1C=CC(Nc2cncc3nnnn23)C1. The number of carboxylic acids is 1. The van der Waals surface area contributed by atoms with Crippen LogP contribution in [0.2, 0.25) is 0 Å². The third-order valence-electron chi connectivity index (χ3n) is 2.84. The maximum atomic E-state index is 10.8. The van der Waals surface area contributed by atoms with E-state index in [-0.39, 0.29) is 6.04 Å². The summed E-state index contributed by atoms with van der Waals surface area (Å²) in [4.78, 5) is 14.9. The number of carbonyl (C=O) groups is 1. The number of carboxylic acid groups (broad SMARTS) is 1. The lowest BCUT2D eigenvalue weighted by Crippen LogP contribution is -2.20. The third kappa shape index (κ3) is 1.77. The molecule has 8 nitrogen and oxygen atoms in total. The van der Waals surface area contributed by atoms with Crippen LogP contribution in [0.1, 0.15) is 6.42 Å². The molecule has 0 aliphatic heterocycles. The van der Waals surface area contributed by atoms with Crippen LogP contribution >= 0.6 is 0 Å². The number of fused-ring (bicyclic) bond motifs is 1. The smallest absolute Gasteiger partial charge is 0.310 e. The number of nitrogens with one attached hydrogen (secondary N) is 1. The summed E-state index contributed by atoms with van der Waals surface area (Å²) in [5.41, 5.74) is 0.539. The highest BCUT2D eigenvalue weighted by Crippen LogP contribution is 2.21. The van der Waals surface area contributed by atoms with Crippen molar-refractivity contribution in [3.8, 4) is 0 Å². The van der Waals surface area contributed by atoms with Crippen LogP contribution in [0, 0.1) is 5.92 Å². The van der Waals surface area contributed by atoms with Gasteiger partial charge in [-0.2, -0.15) is 4.52 Å². The molecule has 0 fully saturated rings. The summed E-state index contributed by atoms with van der Waals surface area (Å²) in [7, 11) is 0. The van der Waals surface area contributed by atoms with Gasteiger partial charge in [-0.25, -0.2) is 0 Å². The molecule has 8 heteroatoms. The van der Waals surface area contributed by atoms with Crippen molar-refractivity contribution < 1.29 is 9.90 Å². The molecule has 92 valence electrons. The largest absolute Gasteiger partial charge is 0.481 e. The quantitative estimate of drug-likeness (QED) is 0.732. The summed E-state index contributed by atoms with van der Waals surface area (Å²) in [6.07, 6.45) is 7.18. The van der Waals surface area contributed by atoms with E-state index in [0.717, 1.165) is 0 Å². The Balaban J connectivity index is 1.80. The van der Waals surface area contributed by atoms with E-state index in [9.17, 15) is 4.79 Å². The van der Waals surface area contributed by atoms with Gasteiger partial charge >= 0.3 is 5.97 Å². The molecular formula is C10H10N6O2. The van der Waals surface area contributed by atoms with Crippen LogP contribution in [0.15, 0.2) is 24.5 Å². The van der Waals surface area contributed by atoms with Crippen molar-refractivity contribution in [3.63, 3.8) is 0 Å². The molecule has 2 unspecified atom stereocenters. The second kappa shape index (κ2) is 4.06. The number of nitrogens with zero attached hydrogens (tertiary/aromatic N) is 5. The maximum Gasteiger partial charge on any atom is 0.310 e. The van der Waals surface area contributed by atoms with Gasteiger partial charge in [0.2, 0.25) is 0 Å². The Morgan fingerprint density at radius 1 is 1.44 bits per heavy atom. The molecule has 0 aromatic carbocycles. The molecule has 2 aromatic heterocycles. The van der Waals surface area contributed by atoms with E-state index in [1.807, 2.05) is 6.08 Å². The van der Waals surface area contributed by atoms with E-state index in [2.05, 4.69) is 25.8 Å². The summed E-state index contributed by atoms with van der Waals surface area (Å²) in [5.74, 6) is -0.615. The molecule has 2 N–H and O–H groups in total. The van der Waals surface area contributed by atoms with Crippen LogP contribution in [0.3, 0.4) is 0 Å². The minimum absolute atomic E-state index is 0.0531. The Morgan fingerprint density at radius 3 is 3.11 bits per heavy atom. The highest BCUT2D eigenvalue weighted by Gasteiger charge is 2.24. The first-order valence-electron chi connectivity index (χ1n) is 5.44. The topological polar surface area (TPSA) is 105 Å². The molecule has 2 heterocycles. The van der Waals surface area contributed by atoms with Crippen LogP contribution in [0.4, 0.5) is 5.82 Å². The zero-order chi connectivity index (χ0) is 12.5. The lowest BCUT2D eigenvalue weighted by molar-refractivity contribution is -0.140. The fraction of sp³-hybridized carbons (Fsp3) is 0.300. The molecule has 18 heavy (non-hydrogen) atoms. The second-order valence-electron chi connectivity index (χ2n) is 4.06. The molecule has 0 bridgehead atoms. The van der Waals surface area contributed by atoms with E-state index >= 15 is 0 Å². The Labute approximate surface area is 101 Å². The van der Waals surface area contributed by atoms with Crippen molar-refractivity contribution in [2.45, 2.75) is 12.5 Å². The second-order valence-corrected chi connectivity index (χ2v) is 4.06. The summed E-state index contributed by atoms with van der Waals surface area (Å²) in [6, 6.07) is -0.0531. The summed E-state index contributed by atoms with van der Waals surface area (Å²) >= 11 is 0. The predicted molar refractivity (Wildman–Crippen MR) is 60.9 cm³/mol. The van der Waals surface area contributed by atoms with Gasteiger partial charge in [0.1, 0.15) is 0 Å². The van der Waals surface area contributed by atoms with Crippen LogP contribution < -0.4 is 5.32 Å². The number of anilines is 1. The average Bonchev–Trinajstić information content (AvgIpc) is 2.97. The lowest BCUT2D eigenvalue weighted by atomic mass is 10.1. The van der Waals surface area contributed by atoms with E-state index in [1.165, 1.54) is 4.52 Å². The zero-order valence-electron chi connectivity index (χ0n) is 9.26. The van der Waals surface area contributed by atoms with E-state index in [0.29, 0.717) is 17.9 Å². The van der Waals surface area contributed by atoms with Crippen LogP contribution in [0.5, 0.6) is 0 Å². The molecule has 2 atom stereocenters.